The molecule has 0 bridgehead atoms. The highest BCUT2D eigenvalue weighted by atomic mass is 16.5. The number of ether oxygens (including phenoxy) is 1. The molecular formula is C31H39NO3. The van der Waals surface area contributed by atoms with Crippen molar-refractivity contribution in [2.24, 2.45) is 17.3 Å². The van der Waals surface area contributed by atoms with Gasteiger partial charge in [0.05, 0.1) is 0 Å². The second-order valence-corrected chi connectivity index (χ2v) is 11.5. The standard InChI is InChI=1S/C31H39NO3/c1-5-15-31(34)16-14-28-26-12-8-22-19-23(33)9-13-25(22)29(26)27(20-30(28,31)2)21-6-10-24(11-7-21)35-18-17-32(3)4/h6-7,10-11,19,26-28,34H,8-9,12-14,16-18,20H2,1-4H3/t26-,27?,28-,30-,31?/m0/s1. The van der Waals surface area contributed by atoms with Gasteiger partial charge in [0, 0.05) is 24.3 Å². The Morgan fingerprint density at radius 1 is 1.14 bits per heavy atom. The molecular weight excluding hydrogens is 434 g/mol. The SMILES string of the molecule is CC#CC1(O)CC[C@H]2[C@@H]3CCC4=CC(=O)CCC4=C3C(c3ccc(OCCN(C)C)cc3)C[C@@]21C. The Morgan fingerprint density at radius 2 is 1.91 bits per heavy atom. The first kappa shape index (κ1) is 24.3. The molecule has 0 heterocycles. The molecule has 1 N–H and O–H groups in total. The van der Waals surface area contributed by atoms with Gasteiger partial charge in [-0.25, -0.2) is 0 Å². The summed E-state index contributed by atoms with van der Waals surface area (Å²) in [6, 6.07) is 8.62. The Bertz CT molecular complexity index is 1120. The predicted octanol–water partition coefficient (Wildman–Crippen LogP) is 5.28. The van der Waals surface area contributed by atoms with Crippen LogP contribution < -0.4 is 4.74 Å². The van der Waals surface area contributed by atoms with Crippen LogP contribution in [-0.2, 0) is 4.79 Å². The van der Waals surface area contributed by atoms with E-state index in [2.05, 4.69) is 47.9 Å². The smallest absolute Gasteiger partial charge is 0.156 e. The third kappa shape index (κ3) is 4.17. The van der Waals surface area contributed by atoms with Gasteiger partial charge in [-0.05, 0) is 106 Å². The third-order valence-electron chi connectivity index (χ3n) is 9.31. The van der Waals surface area contributed by atoms with Crippen molar-refractivity contribution in [2.45, 2.75) is 70.3 Å². The van der Waals surface area contributed by atoms with E-state index in [0.717, 1.165) is 50.8 Å². The van der Waals surface area contributed by atoms with Gasteiger partial charge in [-0.1, -0.05) is 30.6 Å². The van der Waals surface area contributed by atoms with E-state index in [1.54, 1.807) is 5.57 Å². The molecule has 0 spiro atoms. The number of aliphatic hydroxyl groups is 1. The second-order valence-electron chi connectivity index (χ2n) is 11.5. The Hall–Kier alpha value is -2.35. The van der Waals surface area contributed by atoms with Crippen LogP contribution in [0, 0.1) is 29.1 Å². The molecule has 2 saturated carbocycles. The van der Waals surface area contributed by atoms with Gasteiger partial charge in [0.15, 0.2) is 5.78 Å². The molecule has 186 valence electrons. The summed E-state index contributed by atoms with van der Waals surface area (Å²) in [7, 11) is 4.10. The monoisotopic (exact) mass is 473 g/mol. The number of rotatable bonds is 5. The zero-order valence-electron chi connectivity index (χ0n) is 21.7. The van der Waals surface area contributed by atoms with Crippen LogP contribution in [0.25, 0.3) is 0 Å². The van der Waals surface area contributed by atoms with Gasteiger partial charge < -0.3 is 14.7 Å². The van der Waals surface area contributed by atoms with E-state index < -0.39 is 5.60 Å². The highest BCUT2D eigenvalue weighted by Crippen LogP contribution is 2.66. The Labute approximate surface area is 210 Å². The maximum absolute atomic E-state index is 12.2. The molecule has 0 radical (unpaired) electrons. The van der Waals surface area contributed by atoms with Gasteiger partial charge in [0.1, 0.15) is 18.0 Å². The van der Waals surface area contributed by atoms with Gasteiger partial charge in [0.2, 0.25) is 0 Å². The second kappa shape index (κ2) is 9.26. The molecule has 0 aromatic heterocycles. The minimum Gasteiger partial charge on any atom is -0.492 e. The normalized spacial score (nSPS) is 33.9. The predicted molar refractivity (Wildman–Crippen MR) is 139 cm³/mol. The molecule has 4 aliphatic carbocycles. The molecule has 4 nitrogen and oxygen atoms in total. The summed E-state index contributed by atoms with van der Waals surface area (Å²) in [5, 5.41) is 11.8. The maximum Gasteiger partial charge on any atom is 0.156 e. The molecule has 5 rings (SSSR count). The maximum atomic E-state index is 12.2. The number of carbonyl (C=O) groups excluding carboxylic acids is 1. The van der Waals surface area contributed by atoms with E-state index in [1.807, 2.05) is 27.1 Å². The van der Waals surface area contributed by atoms with E-state index in [-0.39, 0.29) is 17.1 Å². The number of hydrogen-bond acceptors (Lipinski definition) is 4. The lowest BCUT2D eigenvalue weighted by Crippen LogP contribution is -2.51. The Kier molecular flexibility index (Phi) is 6.45. The average Bonchev–Trinajstić information content (AvgIpc) is 3.09. The van der Waals surface area contributed by atoms with Crippen LogP contribution in [0.5, 0.6) is 5.75 Å². The number of carbonyl (C=O) groups is 1. The Morgan fingerprint density at radius 3 is 2.63 bits per heavy atom. The summed E-state index contributed by atoms with van der Waals surface area (Å²) in [5.41, 5.74) is 4.36. The molecule has 35 heavy (non-hydrogen) atoms. The van der Waals surface area contributed by atoms with Gasteiger partial charge in [-0.15, -0.1) is 5.92 Å². The van der Waals surface area contributed by atoms with Crippen molar-refractivity contribution in [1.29, 1.82) is 0 Å². The number of likely N-dealkylation sites (N-methyl/N-ethyl adjacent to an activating group) is 1. The highest BCUT2D eigenvalue weighted by molar-refractivity contribution is 5.93. The summed E-state index contributed by atoms with van der Waals surface area (Å²) in [4.78, 5) is 14.3. The van der Waals surface area contributed by atoms with E-state index in [0.29, 0.717) is 24.9 Å². The van der Waals surface area contributed by atoms with Crippen LogP contribution in [0.4, 0.5) is 0 Å². The molecule has 2 unspecified atom stereocenters. The number of fused-ring (bicyclic) bond motifs is 4. The summed E-state index contributed by atoms with van der Waals surface area (Å²) in [6.07, 6.45) is 8.10. The van der Waals surface area contributed by atoms with E-state index >= 15 is 0 Å². The van der Waals surface area contributed by atoms with Crippen molar-refractivity contribution in [3.63, 3.8) is 0 Å². The van der Waals surface area contributed by atoms with Crippen molar-refractivity contribution in [2.75, 3.05) is 27.2 Å². The van der Waals surface area contributed by atoms with E-state index in [4.69, 9.17) is 4.74 Å². The molecule has 4 aliphatic rings. The fraction of sp³-hybridized carbons (Fsp3) is 0.581. The Balaban J connectivity index is 1.55. The quantitative estimate of drug-likeness (QED) is 0.591. The topological polar surface area (TPSA) is 49.8 Å². The molecule has 1 aromatic rings. The average molecular weight is 474 g/mol. The van der Waals surface area contributed by atoms with Crippen molar-refractivity contribution in [3.8, 4) is 17.6 Å². The van der Waals surface area contributed by atoms with Crippen molar-refractivity contribution in [3.05, 3.63) is 52.6 Å². The third-order valence-corrected chi connectivity index (χ3v) is 9.31. The highest BCUT2D eigenvalue weighted by Gasteiger charge is 2.62. The molecule has 1 aromatic carbocycles. The fourth-order valence-corrected chi connectivity index (χ4v) is 7.52. The number of allylic oxidation sites excluding steroid dienone is 4. The first-order valence-corrected chi connectivity index (χ1v) is 13.3. The number of nitrogens with zero attached hydrogens (tertiary/aromatic N) is 1. The first-order chi connectivity index (χ1) is 16.8. The lowest BCUT2D eigenvalue weighted by atomic mass is 9.51. The van der Waals surface area contributed by atoms with Gasteiger partial charge >= 0.3 is 0 Å². The van der Waals surface area contributed by atoms with Crippen LogP contribution in [0.1, 0.15) is 70.3 Å². The van der Waals surface area contributed by atoms with E-state index in [1.165, 1.54) is 16.7 Å². The largest absolute Gasteiger partial charge is 0.492 e. The van der Waals surface area contributed by atoms with Crippen LogP contribution >= 0.6 is 0 Å². The molecule has 0 amide bonds. The molecule has 5 atom stereocenters. The van der Waals surface area contributed by atoms with Gasteiger partial charge in [0.25, 0.3) is 0 Å². The van der Waals surface area contributed by atoms with Crippen molar-refractivity contribution in [1.82, 2.24) is 4.90 Å². The molecule has 4 heteroatoms. The molecule has 0 aliphatic heterocycles. The van der Waals surface area contributed by atoms with Crippen LogP contribution in [-0.4, -0.2) is 48.6 Å². The van der Waals surface area contributed by atoms with Crippen molar-refractivity contribution < 1.29 is 14.6 Å². The van der Waals surface area contributed by atoms with Crippen molar-refractivity contribution >= 4 is 5.78 Å². The van der Waals surface area contributed by atoms with E-state index in [9.17, 15) is 9.90 Å². The minimum atomic E-state index is -0.936. The summed E-state index contributed by atoms with van der Waals surface area (Å²) >= 11 is 0. The zero-order chi connectivity index (χ0) is 24.8. The summed E-state index contributed by atoms with van der Waals surface area (Å²) in [5.74, 6) is 8.55. The van der Waals surface area contributed by atoms with Crippen LogP contribution in [0.15, 0.2) is 47.1 Å². The van der Waals surface area contributed by atoms with Gasteiger partial charge in [-0.3, -0.25) is 4.79 Å². The van der Waals surface area contributed by atoms with Gasteiger partial charge in [-0.2, -0.15) is 0 Å². The number of ketones is 1. The lowest BCUT2D eigenvalue weighted by Gasteiger charge is -2.53. The zero-order valence-corrected chi connectivity index (χ0v) is 21.7. The number of hydrogen-bond donors (Lipinski definition) is 1. The minimum absolute atomic E-state index is 0.229. The van der Waals surface area contributed by atoms with Crippen LogP contribution in [0.3, 0.4) is 0 Å². The molecule has 2 fully saturated rings. The summed E-state index contributed by atoms with van der Waals surface area (Å²) < 4.78 is 5.96. The summed E-state index contributed by atoms with van der Waals surface area (Å²) in [6.45, 7) is 5.68. The molecule has 0 saturated heterocycles. The fourth-order valence-electron chi connectivity index (χ4n) is 7.52. The number of benzene rings is 1. The first-order valence-electron chi connectivity index (χ1n) is 13.3. The lowest BCUT2D eigenvalue weighted by molar-refractivity contribution is -0.114. The van der Waals surface area contributed by atoms with Crippen LogP contribution in [0.2, 0.25) is 0 Å².